The number of piperidine rings is 1. The first-order valence-electron chi connectivity index (χ1n) is 5.00. The summed E-state index contributed by atoms with van der Waals surface area (Å²) in [6, 6.07) is 6.30. The molecule has 2 nitrogen and oxygen atoms in total. The first kappa shape index (κ1) is 8.70. The summed E-state index contributed by atoms with van der Waals surface area (Å²) in [5.74, 6) is 0.633. The van der Waals surface area contributed by atoms with Crippen molar-refractivity contribution < 1.29 is 0 Å². The van der Waals surface area contributed by atoms with E-state index >= 15 is 0 Å². The van der Waals surface area contributed by atoms with Gasteiger partial charge in [0.2, 0.25) is 0 Å². The molecule has 2 heterocycles. The van der Waals surface area contributed by atoms with Gasteiger partial charge in [-0.15, -0.1) is 0 Å². The van der Waals surface area contributed by atoms with Crippen LogP contribution in [0, 0.1) is 6.92 Å². The lowest BCUT2D eigenvalue weighted by Crippen LogP contribution is -2.28. The zero-order valence-corrected chi connectivity index (χ0v) is 8.09. The van der Waals surface area contributed by atoms with Gasteiger partial charge in [-0.1, -0.05) is 6.07 Å². The largest absolute Gasteiger partial charge is 0.316 e. The highest BCUT2D eigenvalue weighted by Gasteiger charge is 2.15. The Kier molecular flexibility index (Phi) is 2.60. The molecule has 1 atom stereocenters. The first-order valence-corrected chi connectivity index (χ1v) is 5.00. The Labute approximate surface area is 79.4 Å². The maximum absolute atomic E-state index is 4.56. The molecule has 0 bridgehead atoms. The number of hydrogen-bond donors (Lipinski definition) is 1. The lowest BCUT2D eigenvalue weighted by Gasteiger charge is -2.22. The van der Waals surface area contributed by atoms with E-state index in [1.807, 2.05) is 0 Å². The highest BCUT2D eigenvalue weighted by Crippen LogP contribution is 2.21. The number of nitrogens with one attached hydrogen (secondary N) is 1. The second kappa shape index (κ2) is 3.88. The summed E-state index contributed by atoms with van der Waals surface area (Å²) >= 11 is 0. The molecule has 0 radical (unpaired) electrons. The molecule has 1 unspecified atom stereocenters. The number of rotatable bonds is 1. The Morgan fingerprint density at radius 2 is 2.38 bits per heavy atom. The van der Waals surface area contributed by atoms with Crippen LogP contribution in [-0.4, -0.2) is 18.1 Å². The van der Waals surface area contributed by atoms with E-state index < -0.39 is 0 Å². The summed E-state index contributed by atoms with van der Waals surface area (Å²) in [6.07, 6.45) is 2.56. The quantitative estimate of drug-likeness (QED) is 0.706. The number of hydrogen-bond acceptors (Lipinski definition) is 2. The van der Waals surface area contributed by atoms with Crippen LogP contribution in [0.1, 0.15) is 30.1 Å². The molecule has 1 fully saturated rings. The number of nitrogens with zero attached hydrogens (tertiary/aromatic N) is 1. The molecule has 0 saturated carbocycles. The van der Waals surface area contributed by atoms with Gasteiger partial charge in [-0.05, 0) is 38.4 Å². The smallest absolute Gasteiger partial charge is 0.0450 e. The fraction of sp³-hybridized carbons (Fsp3) is 0.545. The third kappa shape index (κ3) is 2.07. The molecule has 0 aromatic carbocycles. The van der Waals surface area contributed by atoms with E-state index in [4.69, 9.17) is 0 Å². The highest BCUT2D eigenvalue weighted by atomic mass is 14.9. The Hall–Kier alpha value is -0.890. The van der Waals surface area contributed by atoms with Gasteiger partial charge in [-0.3, -0.25) is 4.98 Å². The van der Waals surface area contributed by atoms with Crippen molar-refractivity contribution in [2.45, 2.75) is 25.7 Å². The fourth-order valence-electron chi connectivity index (χ4n) is 1.90. The van der Waals surface area contributed by atoms with Gasteiger partial charge in [-0.25, -0.2) is 0 Å². The summed E-state index contributed by atoms with van der Waals surface area (Å²) in [6.45, 7) is 4.32. The molecule has 0 amide bonds. The predicted octanol–water partition coefficient (Wildman–Crippen LogP) is 1.86. The van der Waals surface area contributed by atoms with Gasteiger partial charge in [0.05, 0.1) is 0 Å². The maximum atomic E-state index is 4.56. The van der Waals surface area contributed by atoms with E-state index in [9.17, 15) is 0 Å². The maximum Gasteiger partial charge on any atom is 0.0450 e. The third-order valence-electron chi connectivity index (χ3n) is 2.63. The van der Waals surface area contributed by atoms with Gasteiger partial charge in [0.1, 0.15) is 0 Å². The van der Waals surface area contributed by atoms with E-state index in [0.29, 0.717) is 5.92 Å². The van der Waals surface area contributed by atoms with Crippen molar-refractivity contribution in [2.24, 2.45) is 0 Å². The summed E-state index contributed by atoms with van der Waals surface area (Å²) in [4.78, 5) is 4.56. The predicted molar refractivity (Wildman–Crippen MR) is 53.8 cm³/mol. The zero-order valence-electron chi connectivity index (χ0n) is 8.09. The number of aryl methyl sites for hydroxylation is 1. The van der Waals surface area contributed by atoms with Gasteiger partial charge in [0.25, 0.3) is 0 Å². The van der Waals surface area contributed by atoms with Crippen LogP contribution in [0.25, 0.3) is 0 Å². The molecule has 1 aliphatic heterocycles. The van der Waals surface area contributed by atoms with Crippen LogP contribution in [0.4, 0.5) is 0 Å². The first-order chi connectivity index (χ1) is 6.36. The summed E-state index contributed by atoms with van der Waals surface area (Å²) in [5.41, 5.74) is 2.38. The van der Waals surface area contributed by atoms with Crippen LogP contribution < -0.4 is 5.32 Å². The molecule has 70 valence electrons. The normalized spacial score (nSPS) is 23.0. The average molecular weight is 176 g/mol. The minimum absolute atomic E-state index is 0.633. The minimum atomic E-state index is 0.633. The molecule has 2 heteroatoms. The SMILES string of the molecule is Cc1cccc(C2CCCNC2)n1. The Balaban J connectivity index is 2.14. The molecule has 2 rings (SSSR count). The van der Waals surface area contributed by atoms with Crippen molar-refractivity contribution in [1.82, 2.24) is 10.3 Å². The van der Waals surface area contributed by atoms with E-state index in [-0.39, 0.29) is 0 Å². The van der Waals surface area contributed by atoms with Crippen molar-refractivity contribution in [3.63, 3.8) is 0 Å². The summed E-state index contributed by atoms with van der Waals surface area (Å²) in [5, 5.41) is 3.41. The van der Waals surface area contributed by atoms with Crippen molar-refractivity contribution in [2.75, 3.05) is 13.1 Å². The second-order valence-corrected chi connectivity index (χ2v) is 3.75. The molecule has 1 aromatic rings. The van der Waals surface area contributed by atoms with Crippen LogP contribution in [0.5, 0.6) is 0 Å². The Morgan fingerprint density at radius 3 is 3.08 bits per heavy atom. The lowest BCUT2D eigenvalue weighted by atomic mass is 9.95. The fourth-order valence-corrected chi connectivity index (χ4v) is 1.90. The third-order valence-corrected chi connectivity index (χ3v) is 2.63. The van der Waals surface area contributed by atoms with Gasteiger partial charge >= 0.3 is 0 Å². The molecule has 0 spiro atoms. The van der Waals surface area contributed by atoms with Crippen molar-refractivity contribution in [1.29, 1.82) is 0 Å². The van der Waals surface area contributed by atoms with Crippen LogP contribution in [0.2, 0.25) is 0 Å². The van der Waals surface area contributed by atoms with E-state index in [0.717, 1.165) is 12.2 Å². The van der Waals surface area contributed by atoms with Crippen molar-refractivity contribution in [3.05, 3.63) is 29.6 Å². The topological polar surface area (TPSA) is 24.9 Å². The molecule has 0 aliphatic carbocycles. The Morgan fingerprint density at radius 1 is 1.46 bits per heavy atom. The molecular formula is C11H16N2. The van der Waals surface area contributed by atoms with Gasteiger partial charge in [0, 0.05) is 23.9 Å². The van der Waals surface area contributed by atoms with E-state index in [2.05, 4.69) is 35.4 Å². The van der Waals surface area contributed by atoms with Crippen LogP contribution in [0.3, 0.4) is 0 Å². The minimum Gasteiger partial charge on any atom is -0.316 e. The molecule has 1 saturated heterocycles. The van der Waals surface area contributed by atoms with Crippen molar-refractivity contribution >= 4 is 0 Å². The second-order valence-electron chi connectivity index (χ2n) is 3.75. The monoisotopic (exact) mass is 176 g/mol. The molecule has 1 aromatic heterocycles. The number of pyridine rings is 1. The van der Waals surface area contributed by atoms with Gasteiger partial charge in [0.15, 0.2) is 0 Å². The van der Waals surface area contributed by atoms with Crippen LogP contribution in [-0.2, 0) is 0 Å². The van der Waals surface area contributed by atoms with Gasteiger partial charge < -0.3 is 5.32 Å². The molecule has 13 heavy (non-hydrogen) atoms. The van der Waals surface area contributed by atoms with E-state index in [1.165, 1.54) is 25.1 Å². The molecular weight excluding hydrogens is 160 g/mol. The lowest BCUT2D eigenvalue weighted by molar-refractivity contribution is 0.454. The molecule has 1 N–H and O–H groups in total. The number of aromatic nitrogens is 1. The standard InChI is InChI=1S/C11H16N2/c1-9-4-2-6-11(13-9)10-5-3-7-12-8-10/h2,4,6,10,12H,3,5,7-8H2,1H3. The van der Waals surface area contributed by atoms with Crippen molar-refractivity contribution in [3.8, 4) is 0 Å². The average Bonchev–Trinajstić information content (AvgIpc) is 2.19. The highest BCUT2D eigenvalue weighted by molar-refractivity contribution is 5.14. The molecule has 1 aliphatic rings. The van der Waals surface area contributed by atoms with Crippen LogP contribution >= 0.6 is 0 Å². The van der Waals surface area contributed by atoms with Crippen LogP contribution in [0.15, 0.2) is 18.2 Å². The summed E-state index contributed by atoms with van der Waals surface area (Å²) in [7, 11) is 0. The van der Waals surface area contributed by atoms with E-state index in [1.54, 1.807) is 0 Å². The Bertz CT molecular complexity index is 277. The van der Waals surface area contributed by atoms with Gasteiger partial charge in [-0.2, -0.15) is 0 Å². The zero-order chi connectivity index (χ0) is 9.10. The summed E-state index contributed by atoms with van der Waals surface area (Å²) < 4.78 is 0.